The van der Waals surface area contributed by atoms with E-state index in [0.29, 0.717) is 23.6 Å². The van der Waals surface area contributed by atoms with Crippen LogP contribution in [0.2, 0.25) is 0 Å². The second kappa shape index (κ2) is 5.31. The van der Waals surface area contributed by atoms with Crippen molar-refractivity contribution in [2.24, 2.45) is 0 Å². The normalized spacial score (nSPS) is 11.2. The molecule has 88 valence electrons. The number of carbonyl (C=O) groups excluding carboxylic acids is 1. The van der Waals surface area contributed by atoms with Crippen LogP contribution in [0, 0.1) is 0 Å². The molecule has 1 aromatic rings. The number of hydrogen-bond acceptors (Lipinski definition) is 3. The summed E-state index contributed by atoms with van der Waals surface area (Å²) in [4.78, 5) is 10.9. The molecule has 0 spiro atoms. The molecule has 0 amide bonds. The fourth-order valence-corrected chi connectivity index (χ4v) is 3.55. The summed E-state index contributed by atoms with van der Waals surface area (Å²) in [6, 6.07) is 5.18. The molecule has 0 aliphatic heterocycles. The molecule has 0 unspecified atom stereocenters. The molecule has 3 nitrogen and oxygen atoms in total. The number of aldehydes is 1. The molecule has 0 aromatic heterocycles. The predicted molar refractivity (Wildman–Crippen MR) is 66.7 cm³/mol. The molecule has 0 aliphatic carbocycles. The van der Waals surface area contributed by atoms with Gasteiger partial charge in [0.25, 0.3) is 0 Å². The van der Waals surface area contributed by atoms with E-state index in [-0.39, 0.29) is 0 Å². The van der Waals surface area contributed by atoms with E-state index in [1.165, 1.54) is 7.11 Å². The van der Waals surface area contributed by atoms with Gasteiger partial charge < -0.3 is 9.30 Å². The average molecular weight is 240 g/mol. The van der Waals surface area contributed by atoms with Gasteiger partial charge >= 0.3 is 0 Å². The van der Waals surface area contributed by atoms with Crippen molar-refractivity contribution in [1.82, 2.24) is 0 Å². The van der Waals surface area contributed by atoms with E-state index in [2.05, 4.69) is 0 Å². The minimum atomic E-state index is -2.32. The van der Waals surface area contributed by atoms with E-state index in [4.69, 9.17) is 4.74 Å². The third kappa shape index (κ3) is 2.35. The highest BCUT2D eigenvalue weighted by Gasteiger charge is 2.21. The predicted octanol–water partition coefficient (Wildman–Crippen LogP) is 2.54. The second-order valence-electron chi connectivity index (χ2n) is 3.57. The van der Waals surface area contributed by atoms with Crippen molar-refractivity contribution in [2.75, 3.05) is 19.4 Å². The van der Waals surface area contributed by atoms with Crippen LogP contribution in [0.15, 0.2) is 18.2 Å². The number of ether oxygens (including phenoxy) is 1. The number of methoxy groups -OCH3 is 1. The topological polar surface area (TPSA) is 43.4 Å². The van der Waals surface area contributed by atoms with Crippen LogP contribution in [0.1, 0.15) is 24.2 Å². The van der Waals surface area contributed by atoms with Gasteiger partial charge in [-0.2, -0.15) is 0 Å². The van der Waals surface area contributed by atoms with Crippen LogP contribution in [-0.2, 0) is 4.57 Å². The molecule has 16 heavy (non-hydrogen) atoms. The third-order valence-electron chi connectivity index (χ3n) is 2.83. The van der Waals surface area contributed by atoms with Gasteiger partial charge in [0.15, 0.2) is 6.29 Å². The first kappa shape index (κ1) is 13.0. The molecule has 0 radical (unpaired) electrons. The Kier molecular flexibility index (Phi) is 4.31. The maximum absolute atomic E-state index is 12.5. The number of benzene rings is 1. The monoisotopic (exact) mass is 240 g/mol. The van der Waals surface area contributed by atoms with Gasteiger partial charge in [-0.05, 0) is 18.2 Å². The number of rotatable bonds is 5. The zero-order chi connectivity index (χ0) is 12.2. The Morgan fingerprint density at radius 3 is 2.38 bits per heavy atom. The highest BCUT2D eigenvalue weighted by atomic mass is 31.2. The molecule has 1 aromatic carbocycles. The summed E-state index contributed by atoms with van der Waals surface area (Å²) in [5.41, 5.74) is 0.460. The quantitative estimate of drug-likeness (QED) is 0.586. The van der Waals surface area contributed by atoms with Crippen molar-refractivity contribution in [3.63, 3.8) is 0 Å². The van der Waals surface area contributed by atoms with Crippen molar-refractivity contribution >= 4 is 18.7 Å². The molecule has 0 bridgehead atoms. The SMILES string of the molecule is CCP(=O)(CC)c1ccc(OC)c(C=O)c1. The van der Waals surface area contributed by atoms with Gasteiger partial charge in [0.05, 0.1) is 12.7 Å². The van der Waals surface area contributed by atoms with E-state index >= 15 is 0 Å². The lowest BCUT2D eigenvalue weighted by atomic mass is 10.2. The molecule has 0 saturated heterocycles. The summed E-state index contributed by atoms with van der Waals surface area (Å²) in [5, 5.41) is 0.764. The fourth-order valence-electron chi connectivity index (χ4n) is 1.66. The van der Waals surface area contributed by atoms with Crippen molar-refractivity contribution in [3.05, 3.63) is 23.8 Å². The molecular weight excluding hydrogens is 223 g/mol. The third-order valence-corrected chi connectivity index (χ3v) is 6.10. The van der Waals surface area contributed by atoms with Gasteiger partial charge in [-0.1, -0.05) is 13.8 Å². The van der Waals surface area contributed by atoms with Crippen molar-refractivity contribution in [3.8, 4) is 5.75 Å². The minimum absolute atomic E-state index is 0.460. The first-order valence-corrected chi connectivity index (χ1v) is 7.40. The maximum Gasteiger partial charge on any atom is 0.153 e. The van der Waals surface area contributed by atoms with Crippen LogP contribution in [0.4, 0.5) is 0 Å². The zero-order valence-electron chi connectivity index (χ0n) is 9.90. The van der Waals surface area contributed by atoms with Gasteiger partial charge in [-0.3, -0.25) is 4.79 Å². The van der Waals surface area contributed by atoms with Crippen LogP contribution in [0.25, 0.3) is 0 Å². The van der Waals surface area contributed by atoms with Gasteiger partial charge in [0, 0.05) is 17.6 Å². The van der Waals surface area contributed by atoms with Crippen LogP contribution >= 0.6 is 7.14 Å². The molecule has 0 N–H and O–H groups in total. The van der Waals surface area contributed by atoms with E-state index in [9.17, 15) is 9.36 Å². The van der Waals surface area contributed by atoms with Crippen LogP contribution < -0.4 is 10.0 Å². The van der Waals surface area contributed by atoms with Gasteiger partial charge in [-0.25, -0.2) is 0 Å². The lowest BCUT2D eigenvalue weighted by molar-refractivity contribution is 0.112. The molecule has 0 heterocycles. The van der Waals surface area contributed by atoms with Crippen LogP contribution in [0.5, 0.6) is 5.75 Å². The first-order valence-electron chi connectivity index (χ1n) is 5.33. The summed E-state index contributed by atoms with van der Waals surface area (Å²) in [7, 11) is -0.803. The molecule has 0 fully saturated rings. The largest absolute Gasteiger partial charge is 0.496 e. The average Bonchev–Trinajstić information content (AvgIpc) is 2.36. The van der Waals surface area contributed by atoms with E-state index in [0.717, 1.165) is 11.6 Å². The summed E-state index contributed by atoms with van der Waals surface area (Å²) >= 11 is 0. The van der Waals surface area contributed by atoms with E-state index in [1.54, 1.807) is 18.2 Å². The van der Waals surface area contributed by atoms with E-state index < -0.39 is 7.14 Å². The number of carbonyl (C=O) groups is 1. The van der Waals surface area contributed by atoms with Crippen LogP contribution in [0.3, 0.4) is 0 Å². The minimum Gasteiger partial charge on any atom is -0.496 e. The number of hydrogen-bond donors (Lipinski definition) is 0. The summed E-state index contributed by atoms with van der Waals surface area (Å²) in [6.45, 7) is 3.82. The summed E-state index contributed by atoms with van der Waals surface area (Å²) in [6.07, 6.45) is 1.97. The Hall–Kier alpha value is -1.08. The standard InChI is InChI=1S/C12H17O3P/c1-4-16(14,5-2)11-6-7-12(15-3)10(8-11)9-13/h6-9H,4-5H2,1-3H3. The Morgan fingerprint density at radius 1 is 1.31 bits per heavy atom. The lowest BCUT2D eigenvalue weighted by Gasteiger charge is -2.15. The highest BCUT2D eigenvalue weighted by molar-refractivity contribution is 7.71. The second-order valence-corrected chi connectivity index (χ2v) is 7.13. The zero-order valence-corrected chi connectivity index (χ0v) is 10.8. The maximum atomic E-state index is 12.5. The molecule has 0 saturated carbocycles. The van der Waals surface area contributed by atoms with Crippen molar-refractivity contribution in [1.29, 1.82) is 0 Å². The van der Waals surface area contributed by atoms with E-state index in [1.807, 2.05) is 13.8 Å². The Bertz CT molecular complexity index is 418. The van der Waals surface area contributed by atoms with Gasteiger partial charge in [-0.15, -0.1) is 0 Å². The summed E-state index contributed by atoms with van der Waals surface area (Å²) in [5.74, 6) is 0.525. The Balaban J connectivity index is 3.27. The van der Waals surface area contributed by atoms with Crippen molar-refractivity contribution < 1.29 is 14.1 Å². The Labute approximate surface area is 96.2 Å². The van der Waals surface area contributed by atoms with Crippen LogP contribution in [-0.4, -0.2) is 25.7 Å². The molecular formula is C12H17O3P. The Morgan fingerprint density at radius 2 is 1.94 bits per heavy atom. The summed E-state index contributed by atoms with van der Waals surface area (Å²) < 4.78 is 17.5. The van der Waals surface area contributed by atoms with Gasteiger partial charge in [0.2, 0.25) is 0 Å². The molecule has 4 heteroatoms. The molecule has 0 atom stereocenters. The fraction of sp³-hybridized carbons (Fsp3) is 0.417. The molecule has 1 rings (SSSR count). The lowest BCUT2D eigenvalue weighted by Crippen LogP contribution is -2.10. The molecule has 0 aliphatic rings. The first-order chi connectivity index (χ1) is 7.61. The van der Waals surface area contributed by atoms with Crippen molar-refractivity contribution in [2.45, 2.75) is 13.8 Å². The smallest absolute Gasteiger partial charge is 0.153 e. The highest BCUT2D eigenvalue weighted by Crippen LogP contribution is 2.43. The van der Waals surface area contributed by atoms with Gasteiger partial charge in [0.1, 0.15) is 12.9 Å².